The standard InChI is InChI=1S/C15H20N2O2S/c1-14(19,12-6-5-9-20-12)11-17-13(18)15(10-16)7-3-2-4-8-15/h5-6,9,19H,2-4,7-8,11H2,1H3,(H,17,18). The zero-order chi connectivity index (χ0) is 14.6. The average Bonchev–Trinajstić information content (AvgIpc) is 3.00. The topological polar surface area (TPSA) is 73.1 Å². The van der Waals surface area contributed by atoms with Crippen LogP contribution < -0.4 is 5.32 Å². The number of thiophene rings is 1. The maximum absolute atomic E-state index is 12.3. The second-order valence-electron chi connectivity index (χ2n) is 5.69. The van der Waals surface area contributed by atoms with Crippen molar-refractivity contribution in [2.45, 2.75) is 44.6 Å². The Balaban J connectivity index is 2.00. The lowest BCUT2D eigenvalue weighted by atomic mass is 9.74. The number of nitrogens with zero attached hydrogens (tertiary/aromatic N) is 1. The Morgan fingerprint density at radius 2 is 2.25 bits per heavy atom. The van der Waals surface area contributed by atoms with Crippen LogP contribution in [0.2, 0.25) is 0 Å². The van der Waals surface area contributed by atoms with Crippen LogP contribution in [-0.4, -0.2) is 17.6 Å². The second kappa shape index (κ2) is 5.94. The Morgan fingerprint density at radius 3 is 2.80 bits per heavy atom. The Kier molecular flexibility index (Phi) is 4.46. The summed E-state index contributed by atoms with van der Waals surface area (Å²) in [6.07, 6.45) is 4.17. The van der Waals surface area contributed by atoms with E-state index in [1.807, 2.05) is 17.5 Å². The minimum absolute atomic E-state index is 0.135. The smallest absolute Gasteiger partial charge is 0.240 e. The number of rotatable bonds is 4. The van der Waals surface area contributed by atoms with E-state index < -0.39 is 11.0 Å². The minimum Gasteiger partial charge on any atom is -0.383 e. The van der Waals surface area contributed by atoms with E-state index in [-0.39, 0.29) is 12.5 Å². The summed E-state index contributed by atoms with van der Waals surface area (Å²) in [6, 6.07) is 5.91. The summed E-state index contributed by atoms with van der Waals surface area (Å²) < 4.78 is 0. The van der Waals surface area contributed by atoms with Gasteiger partial charge in [-0.1, -0.05) is 25.3 Å². The molecule has 0 aliphatic heterocycles. The van der Waals surface area contributed by atoms with Gasteiger partial charge in [-0.15, -0.1) is 11.3 Å². The quantitative estimate of drug-likeness (QED) is 0.895. The van der Waals surface area contributed by atoms with Crippen molar-refractivity contribution in [2.75, 3.05) is 6.54 Å². The highest BCUT2D eigenvalue weighted by molar-refractivity contribution is 7.10. The van der Waals surface area contributed by atoms with Crippen LogP contribution >= 0.6 is 11.3 Å². The lowest BCUT2D eigenvalue weighted by Gasteiger charge is -2.31. The fourth-order valence-electron chi connectivity index (χ4n) is 2.64. The zero-order valence-corrected chi connectivity index (χ0v) is 12.5. The van der Waals surface area contributed by atoms with Gasteiger partial charge in [0.05, 0.1) is 12.6 Å². The first-order valence-electron chi connectivity index (χ1n) is 6.96. The number of carbonyl (C=O) groups is 1. The third-order valence-corrected chi connectivity index (χ3v) is 5.12. The highest BCUT2D eigenvalue weighted by Gasteiger charge is 2.40. The fourth-order valence-corrected chi connectivity index (χ4v) is 3.43. The number of carbonyl (C=O) groups excluding carboxylic acids is 1. The first-order chi connectivity index (χ1) is 9.50. The predicted octanol–water partition coefficient (Wildman–Crippen LogP) is 2.55. The highest BCUT2D eigenvalue weighted by atomic mass is 32.1. The van der Waals surface area contributed by atoms with Crippen molar-refractivity contribution in [3.8, 4) is 6.07 Å². The normalized spacial score (nSPS) is 20.6. The number of hydrogen-bond acceptors (Lipinski definition) is 4. The van der Waals surface area contributed by atoms with Crippen molar-refractivity contribution in [2.24, 2.45) is 5.41 Å². The number of amides is 1. The van der Waals surface area contributed by atoms with E-state index in [1.165, 1.54) is 11.3 Å². The number of aliphatic hydroxyl groups is 1. The Bertz CT molecular complexity index is 496. The molecule has 5 heteroatoms. The molecule has 2 rings (SSSR count). The van der Waals surface area contributed by atoms with Crippen molar-refractivity contribution in [3.63, 3.8) is 0 Å². The largest absolute Gasteiger partial charge is 0.383 e. The number of hydrogen-bond donors (Lipinski definition) is 2. The van der Waals surface area contributed by atoms with Gasteiger partial charge in [0.15, 0.2) is 0 Å². The van der Waals surface area contributed by atoms with Crippen LogP contribution in [0.25, 0.3) is 0 Å². The van der Waals surface area contributed by atoms with Gasteiger partial charge in [0.1, 0.15) is 11.0 Å². The van der Waals surface area contributed by atoms with E-state index in [0.29, 0.717) is 12.8 Å². The lowest BCUT2D eigenvalue weighted by molar-refractivity contribution is -0.130. The van der Waals surface area contributed by atoms with Gasteiger partial charge in [0, 0.05) is 4.88 Å². The molecule has 0 radical (unpaired) electrons. The summed E-state index contributed by atoms with van der Waals surface area (Å²) in [5, 5.41) is 24.4. The first kappa shape index (κ1) is 15.0. The molecule has 0 spiro atoms. The maximum atomic E-state index is 12.3. The van der Waals surface area contributed by atoms with Crippen LogP contribution in [0.5, 0.6) is 0 Å². The van der Waals surface area contributed by atoms with Crippen molar-refractivity contribution in [1.82, 2.24) is 5.32 Å². The molecule has 0 aromatic carbocycles. The third kappa shape index (κ3) is 3.02. The molecule has 1 aromatic heterocycles. The SMILES string of the molecule is CC(O)(CNC(=O)C1(C#N)CCCCC1)c1cccs1. The summed E-state index contributed by atoms with van der Waals surface area (Å²) in [5.41, 5.74) is -1.99. The molecule has 4 nitrogen and oxygen atoms in total. The van der Waals surface area contributed by atoms with E-state index in [1.54, 1.807) is 6.92 Å². The molecular formula is C15H20N2O2S. The summed E-state index contributed by atoms with van der Waals surface area (Å²) in [6.45, 7) is 1.81. The van der Waals surface area contributed by atoms with Gasteiger partial charge in [0.25, 0.3) is 0 Å². The molecule has 20 heavy (non-hydrogen) atoms. The van der Waals surface area contributed by atoms with Gasteiger partial charge in [-0.25, -0.2) is 0 Å². The predicted molar refractivity (Wildman–Crippen MR) is 78.0 cm³/mol. The lowest BCUT2D eigenvalue weighted by Crippen LogP contribution is -2.46. The van der Waals surface area contributed by atoms with Crippen LogP contribution in [-0.2, 0) is 10.4 Å². The van der Waals surface area contributed by atoms with E-state index in [9.17, 15) is 15.2 Å². The van der Waals surface area contributed by atoms with Gasteiger partial charge >= 0.3 is 0 Å². The van der Waals surface area contributed by atoms with Gasteiger partial charge < -0.3 is 10.4 Å². The average molecular weight is 292 g/mol. The Labute approximate surface area is 123 Å². The van der Waals surface area contributed by atoms with Crippen molar-refractivity contribution in [1.29, 1.82) is 5.26 Å². The monoisotopic (exact) mass is 292 g/mol. The second-order valence-corrected chi connectivity index (χ2v) is 6.64. The molecule has 1 amide bonds. The van der Waals surface area contributed by atoms with Crippen molar-refractivity contribution >= 4 is 17.2 Å². The molecule has 1 atom stereocenters. The van der Waals surface area contributed by atoms with E-state index in [4.69, 9.17) is 0 Å². The van der Waals surface area contributed by atoms with Gasteiger partial charge in [-0.3, -0.25) is 4.79 Å². The summed E-state index contributed by atoms with van der Waals surface area (Å²) in [5.74, 6) is -0.239. The van der Waals surface area contributed by atoms with Crippen LogP contribution in [0.3, 0.4) is 0 Å². The Morgan fingerprint density at radius 1 is 1.55 bits per heavy atom. The Hall–Kier alpha value is -1.38. The van der Waals surface area contributed by atoms with Crippen molar-refractivity contribution < 1.29 is 9.90 Å². The third-order valence-electron chi connectivity index (χ3n) is 4.00. The molecule has 0 bridgehead atoms. The maximum Gasteiger partial charge on any atom is 0.240 e. The molecule has 1 aliphatic carbocycles. The molecule has 1 fully saturated rings. The molecular weight excluding hydrogens is 272 g/mol. The summed E-state index contributed by atoms with van der Waals surface area (Å²) in [4.78, 5) is 13.1. The van der Waals surface area contributed by atoms with Crippen LogP contribution in [0.4, 0.5) is 0 Å². The van der Waals surface area contributed by atoms with E-state index in [0.717, 1.165) is 24.1 Å². The summed E-state index contributed by atoms with van der Waals surface area (Å²) in [7, 11) is 0. The van der Waals surface area contributed by atoms with E-state index >= 15 is 0 Å². The van der Waals surface area contributed by atoms with Gasteiger partial charge in [0.2, 0.25) is 5.91 Å². The van der Waals surface area contributed by atoms with Gasteiger partial charge in [-0.05, 0) is 31.2 Å². The molecule has 0 saturated heterocycles. The fraction of sp³-hybridized carbons (Fsp3) is 0.600. The van der Waals surface area contributed by atoms with Crippen LogP contribution in [0.15, 0.2) is 17.5 Å². The highest BCUT2D eigenvalue weighted by Crippen LogP contribution is 2.36. The van der Waals surface area contributed by atoms with Crippen molar-refractivity contribution in [3.05, 3.63) is 22.4 Å². The number of nitriles is 1. The van der Waals surface area contributed by atoms with Gasteiger partial charge in [-0.2, -0.15) is 5.26 Å². The summed E-state index contributed by atoms with van der Waals surface area (Å²) >= 11 is 1.46. The number of nitrogens with one attached hydrogen (secondary N) is 1. The zero-order valence-electron chi connectivity index (χ0n) is 11.7. The molecule has 1 saturated carbocycles. The van der Waals surface area contributed by atoms with E-state index in [2.05, 4.69) is 11.4 Å². The molecule has 1 aromatic rings. The van der Waals surface area contributed by atoms with Crippen LogP contribution in [0.1, 0.15) is 43.9 Å². The minimum atomic E-state index is -1.09. The molecule has 2 N–H and O–H groups in total. The molecule has 1 heterocycles. The van der Waals surface area contributed by atoms with Crippen LogP contribution in [0, 0.1) is 16.7 Å². The first-order valence-corrected chi connectivity index (χ1v) is 7.84. The molecule has 108 valence electrons. The molecule has 1 aliphatic rings. The molecule has 1 unspecified atom stereocenters.